The molecule has 0 spiro atoms. The van der Waals surface area contributed by atoms with Crippen LogP contribution in [0.3, 0.4) is 0 Å². The largest absolute Gasteiger partial charge is 0.337 e. The molecule has 0 bridgehead atoms. The first-order valence-corrected chi connectivity index (χ1v) is 8.37. The summed E-state index contributed by atoms with van der Waals surface area (Å²) < 4.78 is 0. The number of hydrogen-bond acceptors (Lipinski definition) is 3. The average molecular weight is 317 g/mol. The molecule has 1 fully saturated rings. The molecule has 4 rings (SSSR count). The molecule has 3 aromatic rings. The Balaban J connectivity index is 1.56. The van der Waals surface area contributed by atoms with E-state index in [9.17, 15) is 4.79 Å². The minimum Gasteiger partial charge on any atom is -0.337 e. The zero-order chi connectivity index (χ0) is 16.4. The molecule has 1 aliphatic rings. The summed E-state index contributed by atoms with van der Waals surface area (Å²) in [6.07, 6.45) is 3.85. The molecule has 1 aliphatic heterocycles. The van der Waals surface area contributed by atoms with Crippen LogP contribution in [-0.4, -0.2) is 33.9 Å². The lowest BCUT2D eigenvalue weighted by molar-refractivity contribution is 0.0701. The molecule has 1 aromatic carbocycles. The summed E-state index contributed by atoms with van der Waals surface area (Å²) in [5.41, 5.74) is 2.41. The van der Waals surface area contributed by atoms with Gasteiger partial charge in [-0.3, -0.25) is 4.79 Å². The van der Waals surface area contributed by atoms with Crippen LogP contribution in [0.1, 0.15) is 34.8 Å². The number of amides is 1. The average Bonchev–Trinajstić information content (AvgIpc) is 2.68. The number of hydrogen-bond donors (Lipinski definition) is 0. The highest BCUT2D eigenvalue weighted by Gasteiger charge is 2.26. The maximum absolute atomic E-state index is 12.9. The summed E-state index contributed by atoms with van der Waals surface area (Å²) in [4.78, 5) is 23.5. The Kier molecular flexibility index (Phi) is 3.95. The summed E-state index contributed by atoms with van der Waals surface area (Å²) in [5.74, 6) is 0.408. The predicted molar refractivity (Wildman–Crippen MR) is 93.9 cm³/mol. The number of benzene rings is 1. The summed E-state index contributed by atoms with van der Waals surface area (Å²) in [7, 11) is 0. The van der Waals surface area contributed by atoms with E-state index >= 15 is 0 Å². The molecule has 0 unspecified atom stereocenters. The van der Waals surface area contributed by atoms with Crippen LogP contribution in [0.25, 0.3) is 11.0 Å². The molecule has 1 saturated heterocycles. The van der Waals surface area contributed by atoms with Crippen molar-refractivity contribution in [1.82, 2.24) is 14.9 Å². The lowest BCUT2D eigenvalue weighted by atomic mass is 9.90. The number of rotatable bonds is 2. The summed E-state index contributed by atoms with van der Waals surface area (Å²) in [5, 5.41) is 0.954. The van der Waals surface area contributed by atoms with E-state index in [-0.39, 0.29) is 5.91 Å². The highest BCUT2D eigenvalue weighted by molar-refractivity contribution is 5.94. The summed E-state index contributed by atoms with van der Waals surface area (Å²) >= 11 is 0. The third kappa shape index (κ3) is 2.87. The molecule has 4 heteroatoms. The van der Waals surface area contributed by atoms with Gasteiger partial charge in [0.2, 0.25) is 0 Å². The lowest BCUT2D eigenvalue weighted by Gasteiger charge is -2.32. The number of carbonyl (C=O) groups excluding carboxylic acids is 1. The fourth-order valence-corrected chi connectivity index (χ4v) is 3.39. The Bertz CT molecular complexity index is 863. The standard InChI is InChI=1S/C20H19N3O/c24-20(18-11-10-16-8-4-12-21-19(16)22-18)23-13-5-9-17(14-23)15-6-2-1-3-7-15/h1-4,6-8,10-12,17H,5,9,13-14H2/t17-/m0/s1. The van der Waals surface area contributed by atoms with Gasteiger partial charge in [0.1, 0.15) is 5.69 Å². The SMILES string of the molecule is O=C(c1ccc2cccnc2n1)N1CCC[C@H](c2ccccc2)C1. The van der Waals surface area contributed by atoms with Crippen molar-refractivity contribution in [3.63, 3.8) is 0 Å². The van der Waals surface area contributed by atoms with Crippen molar-refractivity contribution in [2.45, 2.75) is 18.8 Å². The van der Waals surface area contributed by atoms with Gasteiger partial charge in [0.05, 0.1) is 0 Å². The number of likely N-dealkylation sites (tertiary alicyclic amines) is 1. The monoisotopic (exact) mass is 317 g/mol. The molecule has 1 atom stereocenters. The van der Waals surface area contributed by atoms with Gasteiger partial charge in [0.25, 0.3) is 5.91 Å². The maximum Gasteiger partial charge on any atom is 0.272 e. The van der Waals surface area contributed by atoms with Crippen molar-refractivity contribution in [1.29, 1.82) is 0 Å². The first-order valence-electron chi connectivity index (χ1n) is 8.37. The van der Waals surface area contributed by atoms with E-state index in [2.05, 4.69) is 34.2 Å². The minimum absolute atomic E-state index is 0.00295. The summed E-state index contributed by atoms with van der Waals surface area (Å²) in [6.45, 7) is 1.55. The van der Waals surface area contributed by atoms with Crippen LogP contribution in [0, 0.1) is 0 Å². The molecule has 0 radical (unpaired) electrons. The van der Waals surface area contributed by atoms with E-state index in [0.29, 0.717) is 17.3 Å². The summed E-state index contributed by atoms with van der Waals surface area (Å²) in [6, 6.07) is 18.0. The number of fused-ring (bicyclic) bond motifs is 1. The van der Waals surface area contributed by atoms with E-state index in [1.807, 2.05) is 29.2 Å². The first kappa shape index (κ1) is 14.8. The van der Waals surface area contributed by atoms with Gasteiger partial charge in [-0.2, -0.15) is 0 Å². The number of pyridine rings is 2. The first-order chi connectivity index (χ1) is 11.8. The Morgan fingerprint density at radius 2 is 1.92 bits per heavy atom. The Hall–Kier alpha value is -2.75. The molecule has 0 N–H and O–H groups in total. The molecule has 120 valence electrons. The van der Waals surface area contributed by atoms with Crippen LogP contribution in [0.15, 0.2) is 60.8 Å². The van der Waals surface area contributed by atoms with Crippen molar-refractivity contribution in [2.75, 3.05) is 13.1 Å². The third-order valence-electron chi connectivity index (χ3n) is 4.66. The van der Waals surface area contributed by atoms with E-state index in [1.165, 1.54) is 5.56 Å². The number of carbonyl (C=O) groups is 1. The lowest BCUT2D eigenvalue weighted by Crippen LogP contribution is -2.39. The van der Waals surface area contributed by atoms with Gasteiger partial charge in [0, 0.05) is 30.6 Å². The zero-order valence-corrected chi connectivity index (χ0v) is 13.4. The smallest absolute Gasteiger partial charge is 0.272 e. The van der Waals surface area contributed by atoms with Crippen LogP contribution in [-0.2, 0) is 0 Å². The number of piperidine rings is 1. The van der Waals surface area contributed by atoms with Crippen LogP contribution in [0.4, 0.5) is 0 Å². The molecule has 1 amide bonds. The zero-order valence-electron chi connectivity index (χ0n) is 13.4. The van der Waals surface area contributed by atoms with Crippen molar-refractivity contribution in [3.05, 3.63) is 72.1 Å². The third-order valence-corrected chi connectivity index (χ3v) is 4.66. The van der Waals surface area contributed by atoms with Gasteiger partial charge in [-0.15, -0.1) is 0 Å². The predicted octanol–water partition coefficient (Wildman–Crippen LogP) is 3.65. The fourth-order valence-electron chi connectivity index (χ4n) is 3.39. The van der Waals surface area contributed by atoms with Gasteiger partial charge >= 0.3 is 0 Å². The van der Waals surface area contributed by atoms with Gasteiger partial charge in [-0.25, -0.2) is 9.97 Å². The maximum atomic E-state index is 12.9. The second-order valence-corrected chi connectivity index (χ2v) is 6.25. The molecule has 0 aliphatic carbocycles. The van der Waals surface area contributed by atoms with Gasteiger partial charge in [0.15, 0.2) is 5.65 Å². The van der Waals surface area contributed by atoms with Crippen molar-refractivity contribution in [3.8, 4) is 0 Å². The molecule has 2 aromatic heterocycles. The quantitative estimate of drug-likeness (QED) is 0.725. The Labute approximate surface area is 141 Å². The van der Waals surface area contributed by atoms with Crippen LogP contribution < -0.4 is 0 Å². The molecule has 3 heterocycles. The molecule has 0 saturated carbocycles. The molecule has 4 nitrogen and oxygen atoms in total. The highest BCUT2D eigenvalue weighted by atomic mass is 16.2. The van der Waals surface area contributed by atoms with E-state index in [4.69, 9.17) is 0 Å². The van der Waals surface area contributed by atoms with Gasteiger partial charge in [-0.1, -0.05) is 30.3 Å². The normalized spacial score (nSPS) is 17.8. The van der Waals surface area contributed by atoms with E-state index < -0.39 is 0 Å². The second-order valence-electron chi connectivity index (χ2n) is 6.25. The van der Waals surface area contributed by atoms with Crippen LogP contribution >= 0.6 is 0 Å². The number of aromatic nitrogens is 2. The topological polar surface area (TPSA) is 46.1 Å². The Morgan fingerprint density at radius 1 is 1.04 bits per heavy atom. The second kappa shape index (κ2) is 6.40. The Morgan fingerprint density at radius 3 is 2.79 bits per heavy atom. The molecular weight excluding hydrogens is 298 g/mol. The minimum atomic E-state index is 0.00295. The van der Waals surface area contributed by atoms with Gasteiger partial charge < -0.3 is 4.90 Å². The van der Waals surface area contributed by atoms with Crippen molar-refractivity contribution < 1.29 is 4.79 Å². The molecule has 24 heavy (non-hydrogen) atoms. The van der Waals surface area contributed by atoms with Crippen molar-refractivity contribution >= 4 is 16.9 Å². The highest BCUT2D eigenvalue weighted by Crippen LogP contribution is 2.27. The molecular formula is C20H19N3O. The number of nitrogens with zero attached hydrogens (tertiary/aromatic N) is 3. The fraction of sp³-hybridized carbons (Fsp3) is 0.250. The van der Waals surface area contributed by atoms with Crippen LogP contribution in [0.2, 0.25) is 0 Å². The van der Waals surface area contributed by atoms with Crippen LogP contribution in [0.5, 0.6) is 0 Å². The van der Waals surface area contributed by atoms with E-state index in [0.717, 1.165) is 31.3 Å². The van der Waals surface area contributed by atoms with E-state index in [1.54, 1.807) is 12.3 Å². The van der Waals surface area contributed by atoms with Gasteiger partial charge in [-0.05, 0) is 42.7 Å². The van der Waals surface area contributed by atoms with Crippen molar-refractivity contribution in [2.24, 2.45) is 0 Å².